The molecule has 0 saturated heterocycles. The van der Waals surface area contributed by atoms with Gasteiger partial charge in [0.25, 0.3) is 0 Å². The number of hydrogen-bond donors (Lipinski definition) is 1. The molecule has 136 valence electrons. The summed E-state index contributed by atoms with van der Waals surface area (Å²) in [6.07, 6.45) is 3.93. The number of methoxy groups -OCH3 is 2. The van der Waals surface area contributed by atoms with Crippen LogP contribution in [0.25, 0.3) is 0 Å². The predicted molar refractivity (Wildman–Crippen MR) is 93.8 cm³/mol. The van der Waals surface area contributed by atoms with Gasteiger partial charge in [-0.15, -0.1) is 0 Å². The van der Waals surface area contributed by atoms with E-state index in [2.05, 4.69) is 15.0 Å². The van der Waals surface area contributed by atoms with E-state index in [4.69, 9.17) is 9.47 Å². The third kappa shape index (κ3) is 4.11. The van der Waals surface area contributed by atoms with E-state index in [9.17, 15) is 9.59 Å². The fourth-order valence-electron chi connectivity index (χ4n) is 2.64. The Morgan fingerprint density at radius 1 is 1.19 bits per heavy atom. The maximum atomic E-state index is 12.3. The number of nitrogens with zero attached hydrogens (tertiary/aromatic N) is 1. The molecule has 0 aliphatic heterocycles. The highest BCUT2D eigenvalue weighted by atomic mass is 16.5. The van der Waals surface area contributed by atoms with Crippen molar-refractivity contribution in [3.05, 3.63) is 48.3 Å². The van der Waals surface area contributed by atoms with E-state index in [0.717, 1.165) is 5.56 Å². The molecule has 3 rings (SSSR count). The first-order valence-corrected chi connectivity index (χ1v) is 8.20. The highest BCUT2D eigenvalue weighted by Gasteiger charge is 2.49. The molecule has 0 bridgehead atoms. The van der Waals surface area contributed by atoms with Gasteiger partial charge in [-0.2, -0.15) is 0 Å². The number of nitrogens with one attached hydrogen (secondary N) is 1. The second-order valence-corrected chi connectivity index (χ2v) is 5.98. The maximum Gasteiger partial charge on any atom is 0.309 e. The average Bonchev–Trinajstić information content (AvgIpc) is 3.48. The normalized spacial score (nSPS) is 17.9. The van der Waals surface area contributed by atoms with Crippen LogP contribution < -0.4 is 14.8 Å². The molecule has 0 spiro atoms. The fraction of sp³-hybridized carbons (Fsp3) is 0.316. The van der Waals surface area contributed by atoms with Crippen LogP contribution in [0.4, 0.5) is 5.69 Å². The second kappa shape index (κ2) is 7.86. The van der Waals surface area contributed by atoms with E-state index >= 15 is 0 Å². The molecular formula is C19H20N2O5. The number of aromatic nitrogens is 1. The van der Waals surface area contributed by atoms with Gasteiger partial charge in [-0.1, -0.05) is 6.07 Å². The van der Waals surface area contributed by atoms with Crippen LogP contribution in [0.5, 0.6) is 11.5 Å². The van der Waals surface area contributed by atoms with Gasteiger partial charge in [0, 0.05) is 29.7 Å². The van der Waals surface area contributed by atoms with Crippen molar-refractivity contribution < 1.29 is 23.8 Å². The number of hydrogen-bond acceptors (Lipinski definition) is 6. The number of carbonyl (C=O) groups excluding carboxylic acids is 2. The van der Waals surface area contributed by atoms with E-state index in [1.807, 2.05) is 12.1 Å². The van der Waals surface area contributed by atoms with E-state index in [1.165, 1.54) is 7.11 Å². The zero-order chi connectivity index (χ0) is 18.5. The summed E-state index contributed by atoms with van der Waals surface area (Å²) in [5, 5.41) is 2.81. The van der Waals surface area contributed by atoms with E-state index in [-0.39, 0.29) is 23.7 Å². The second-order valence-electron chi connectivity index (χ2n) is 5.98. The first-order chi connectivity index (χ1) is 12.6. The number of carbonyl (C=O) groups is 2. The number of esters is 1. The lowest BCUT2D eigenvalue weighted by molar-refractivity contribution is -0.143. The molecule has 1 fully saturated rings. The van der Waals surface area contributed by atoms with Gasteiger partial charge in [-0.3, -0.25) is 14.6 Å². The summed E-state index contributed by atoms with van der Waals surface area (Å²) in [4.78, 5) is 27.8. The number of anilines is 1. The largest absolute Gasteiger partial charge is 0.493 e. The molecule has 1 amide bonds. The van der Waals surface area contributed by atoms with E-state index in [0.29, 0.717) is 30.2 Å². The molecule has 1 saturated carbocycles. The van der Waals surface area contributed by atoms with Crippen molar-refractivity contribution in [2.24, 2.45) is 11.8 Å². The molecule has 1 aromatic carbocycles. The standard InChI is InChI=1S/C19H20N2O5/c1-24-16-6-5-13(21-18(22)14-9-15(14)19(23)25-2)8-17(16)26-11-12-4-3-7-20-10-12/h3-8,10,14-15H,9,11H2,1-2H3,(H,21,22)/t14-,15+/m1/s1. The highest BCUT2D eigenvalue weighted by molar-refractivity contribution is 5.98. The van der Waals surface area contributed by atoms with Gasteiger partial charge >= 0.3 is 5.97 Å². The van der Waals surface area contributed by atoms with Crippen LogP contribution in [-0.2, 0) is 20.9 Å². The van der Waals surface area contributed by atoms with Gasteiger partial charge in [0.2, 0.25) is 5.91 Å². The van der Waals surface area contributed by atoms with Crippen molar-refractivity contribution in [2.75, 3.05) is 19.5 Å². The first kappa shape index (κ1) is 17.7. The summed E-state index contributed by atoms with van der Waals surface area (Å²) in [7, 11) is 2.88. The Labute approximate surface area is 151 Å². The van der Waals surface area contributed by atoms with Crippen molar-refractivity contribution in [3.8, 4) is 11.5 Å². The summed E-state index contributed by atoms with van der Waals surface area (Å²) in [5.41, 5.74) is 1.50. The van der Waals surface area contributed by atoms with Crippen LogP contribution in [0.15, 0.2) is 42.7 Å². The summed E-state index contributed by atoms with van der Waals surface area (Å²) in [6, 6.07) is 8.88. The molecule has 2 atom stereocenters. The zero-order valence-corrected chi connectivity index (χ0v) is 14.6. The Morgan fingerprint density at radius 3 is 2.73 bits per heavy atom. The van der Waals surface area contributed by atoms with Gasteiger partial charge in [-0.25, -0.2) is 0 Å². The van der Waals surface area contributed by atoms with Crippen LogP contribution in [0.3, 0.4) is 0 Å². The van der Waals surface area contributed by atoms with Crippen LogP contribution in [0.1, 0.15) is 12.0 Å². The van der Waals surface area contributed by atoms with Crippen LogP contribution in [0.2, 0.25) is 0 Å². The predicted octanol–water partition coefficient (Wildman–Crippen LogP) is 2.42. The third-order valence-electron chi connectivity index (χ3n) is 4.18. The van der Waals surface area contributed by atoms with Crippen LogP contribution in [-0.4, -0.2) is 31.1 Å². The SMILES string of the molecule is COC(=O)[C@H]1C[C@H]1C(=O)Nc1ccc(OC)c(OCc2cccnc2)c1. The molecule has 1 aromatic heterocycles. The lowest BCUT2D eigenvalue weighted by Crippen LogP contribution is -2.17. The minimum absolute atomic E-state index is 0.205. The van der Waals surface area contributed by atoms with Crippen molar-refractivity contribution in [2.45, 2.75) is 13.0 Å². The Kier molecular flexibility index (Phi) is 5.36. The Balaban J connectivity index is 1.65. The van der Waals surface area contributed by atoms with Crippen molar-refractivity contribution in [1.82, 2.24) is 4.98 Å². The maximum absolute atomic E-state index is 12.3. The van der Waals surface area contributed by atoms with Crippen LogP contribution in [0, 0.1) is 11.8 Å². The molecule has 1 N–H and O–H groups in total. The summed E-state index contributed by atoms with van der Waals surface area (Å²) in [5.74, 6) is -0.173. The van der Waals surface area contributed by atoms with E-state index in [1.54, 1.807) is 37.7 Å². The summed E-state index contributed by atoms with van der Waals surface area (Å²) >= 11 is 0. The van der Waals surface area contributed by atoms with Gasteiger partial charge in [-0.05, 0) is 24.6 Å². The summed E-state index contributed by atoms with van der Waals surface area (Å²) < 4.78 is 15.8. The summed E-state index contributed by atoms with van der Waals surface area (Å²) in [6.45, 7) is 0.328. The Hall–Kier alpha value is -3.09. The number of rotatable bonds is 7. The number of amides is 1. The third-order valence-corrected chi connectivity index (χ3v) is 4.18. The monoisotopic (exact) mass is 356 g/mol. The van der Waals surface area contributed by atoms with E-state index < -0.39 is 0 Å². The molecule has 7 nitrogen and oxygen atoms in total. The van der Waals surface area contributed by atoms with Crippen molar-refractivity contribution in [3.63, 3.8) is 0 Å². The van der Waals surface area contributed by atoms with Gasteiger partial charge in [0.1, 0.15) is 6.61 Å². The lowest BCUT2D eigenvalue weighted by Gasteiger charge is -2.13. The lowest BCUT2D eigenvalue weighted by atomic mass is 10.2. The minimum Gasteiger partial charge on any atom is -0.493 e. The van der Waals surface area contributed by atoms with Crippen LogP contribution >= 0.6 is 0 Å². The smallest absolute Gasteiger partial charge is 0.309 e. The molecule has 2 aromatic rings. The zero-order valence-electron chi connectivity index (χ0n) is 14.6. The quantitative estimate of drug-likeness (QED) is 0.767. The number of pyridine rings is 1. The molecule has 1 heterocycles. The van der Waals surface area contributed by atoms with Crippen molar-refractivity contribution in [1.29, 1.82) is 0 Å². The molecule has 26 heavy (non-hydrogen) atoms. The van der Waals surface area contributed by atoms with Gasteiger partial charge in [0.05, 0.1) is 26.1 Å². The fourth-order valence-corrected chi connectivity index (χ4v) is 2.64. The molecule has 7 heteroatoms. The Morgan fingerprint density at radius 2 is 2.04 bits per heavy atom. The highest BCUT2D eigenvalue weighted by Crippen LogP contribution is 2.40. The number of ether oxygens (including phenoxy) is 3. The topological polar surface area (TPSA) is 86.8 Å². The first-order valence-electron chi connectivity index (χ1n) is 8.20. The van der Waals surface area contributed by atoms with Crippen molar-refractivity contribution >= 4 is 17.6 Å². The molecule has 0 radical (unpaired) electrons. The molecular weight excluding hydrogens is 336 g/mol. The van der Waals surface area contributed by atoms with Gasteiger partial charge < -0.3 is 19.5 Å². The minimum atomic E-state index is -0.348. The molecule has 1 aliphatic rings. The Bertz CT molecular complexity index is 794. The number of benzene rings is 1. The molecule has 0 unspecified atom stereocenters. The molecule has 1 aliphatic carbocycles. The van der Waals surface area contributed by atoms with Gasteiger partial charge in [0.15, 0.2) is 11.5 Å². The average molecular weight is 356 g/mol.